The molecule has 21 heavy (non-hydrogen) atoms. The lowest BCUT2D eigenvalue weighted by Crippen LogP contribution is -2.52. The summed E-state index contributed by atoms with van der Waals surface area (Å²) in [5, 5.41) is 0. The van der Waals surface area contributed by atoms with Gasteiger partial charge in [-0.05, 0) is 25.0 Å². The molecule has 0 atom stereocenters. The molecule has 0 aromatic carbocycles. The van der Waals surface area contributed by atoms with Crippen molar-refractivity contribution in [3.8, 4) is 0 Å². The molecule has 1 saturated heterocycles. The molecule has 0 radical (unpaired) electrons. The molecule has 2 amide bonds. The van der Waals surface area contributed by atoms with Crippen LogP contribution in [0.1, 0.15) is 32.4 Å². The molecule has 1 N–H and O–H groups in total. The van der Waals surface area contributed by atoms with Crippen LogP contribution in [0.3, 0.4) is 0 Å². The number of hydrogen-bond donors (Lipinski definition) is 1. The number of nitrogens with one attached hydrogen (secondary N) is 1. The number of H-pyrrole nitrogens is 1. The molecular weight excluding hydrogens is 266 g/mol. The molecule has 0 bridgehead atoms. The Morgan fingerprint density at radius 3 is 2.29 bits per heavy atom. The number of aromatic amines is 1. The minimum absolute atomic E-state index is 0.131. The van der Waals surface area contributed by atoms with Gasteiger partial charge in [0.05, 0.1) is 6.42 Å². The summed E-state index contributed by atoms with van der Waals surface area (Å²) >= 11 is 0. The summed E-state index contributed by atoms with van der Waals surface area (Å²) in [7, 11) is 0. The highest BCUT2D eigenvalue weighted by Gasteiger charge is 2.27. The van der Waals surface area contributed by atoms with Gasteiger partial charge in [0.15, 0.2) is 0 Å². The summed E-state index contributed by atoms with van der Waals surface area (Å²) < 4.78 is 0. The van der Waals surface area contributed by atoms with Gasteiger partial charge in [-0.3, -0.25) is 9.59 Å². The van der Waals surface area contributed by atoms with E-state index in [1.165, 1.54) is 0 Å². The lowest BCUT2D eigenvalue weighted by molar-refractivity contribution is -0.142. The fourth-order valence-corrected chi connectivity index (χ4v) is 2.82. The van der Waals surface area contributed by atoms with Crippen molar-refractivity contribution in [2.75, 3.05) is 26.2 Å². The van der Waals surface area contributed by atoms with Crippen molar-refractivity contribution in [2.45, 2.75) is 33.1 Å². The topological polar surface area (TPSA) is 56.4 Å². The maximum atomic E-state index is 12.3. The summed E-state index contributed by atoms with van der Waals surface area (Å²) in [5.41, 5.74) is 0.940. The van der Waals surface area contributed by atoms with Crippen molar-refractivity contribution in [2.24, 2.45) is 5.92 Å². The fraction of sp³-hybridized carbons (Fsp3) is 0.625. The zero-order chi connectivity index (χ0) is 15.2. The molecule has 1 aromatic heterocycles. The Labute approximate surface area is 126 Å². The van der Waals surface area contributed by atoms with Crippen LogP contribution in [0.15, 0.2) is 18.3 Å². The van der Waals surface area contributed by atoms with Crippen LogP contribution in [0.25, 0.3) is 0 Å². The highest BCUT2D eigenvalue weighted by Crippen LogP contribution is 2.14. The maximum Gasteiger partial charge on any atom is 0.228 e. The van der Waals surface area contributed by atoms with Crippen LogP contribution in [0.4, 0.5) is 0 Å². The molecule has 5 nitrogen and oxygen atoms in total. The van der Waals surface area contributed by atoms with E-state index in [-0.39, 0.29) is 17.7 Å². The predicted octanol–water partition coefficient (Wildman–Crippen LogP) is 1.66. The van der Waals surface area contributed by atoms with Crippen LogP contribution in [0.2, 0.25) is 0 Å². The van der Waals surface area contributed by atoms with Gasteiger partial charge >= 0.3 is 0 Å². The lowest BCUT2D eigenvalue weighted by atomic mass is 10.0. The zero-order valence-electron chi connectivity index (χ0n) is 13.0. The standard InChI is InChI=1S/C16H25N3O2/c1-3-13(4-2)16(21)19-10-8-18(9-11-19)15(20)12-14-6-5-7-17-14/h5-7,13,17H,3-4,8-12H2,1-2H3. The summed E-state index contributed by atoms with van der Waals surface area (Å²) in [4.78, 5) is 31.3. The van der Waals surface area contributed by atoms with Gasteiger partial charge < -0.3 is 14.8 Å². The Kier molecular flexibility index (Phi) is 5.42. The van der Waals surface area contributed by atoms with Gasteiger partial charge in [0.2, 0.25) is 11.8 Å². The van der Waals surface area contributed by atoms with Crippen LogP contribution in [-0.2, 0) is 16.0 Å². The van der Waals surface area contributed by atoms with Crippen molar-refractivity contribution >= 4 is 11.8 Å². The van der Waals surface area contributed by atoms with Crippen LogP contribution < -0.4 is 0 Å². The molecule has 0 saturated carbocycles. The molecule has 1 aliphatic heterocycles. The Balaban J connectivity index is 1.82. The van der Waals surface area contributed by atoms with Gasteiger partial charge in [0.1, 0.15) is 0 Å². The quantitative estimate of drug-likeness (QED) is 0.897. The first kappa shape index (κ1) is 15.6. The first-order valence-electron chi connectivity index (χ1n) is 7.84. The number of aromatic nitrogens is 1. The predicted molar refractivity (Wildman–Crippen MR) is 81.7 cm³/mol. The van der Waals surface area contributed by atoms with Gasteiger partial charge in [0, 0.05) is 44.0 Å². The Morgan fingerprint density at radius 1 is 1.14 bits per heavy atom. The summed E-state index contributed by atoms with van der Waals surface area (Å²) in [6.07, 6.45) is 4.02. The van der Waals surface area contributed by atoms with Crippen molar-refractivity contribution in [1.82, 2.24) is 14.8 Å². The van der Waals surface area contributed by atoms with E-state index >= 15 is 0 Å². The third kappa shape index (κ3) is 3.86. The first-order chi connectivity index (χ1) is 10.2. The van der Waals surface area contributed by atoms with Crippen molar-refractivity contribution in [1.29, 1.82) is 0 Å². The van der Waals surface area contributed by atoms with Crippen LogP contribution in [-0.4, -0.2) is 52.8 Å². The Hall–Kier alpha value is -1.78. The molecule has 2 heterocycles. The average Bonchev–Trinajstić information content (AvgIpc) is 3.01. The van der Waals surface area contributed by atoms with Gasteiger partial charge in [-0.25, -0.2) is 0 Å². The number of nitrogens with zero attached hydrogens (tertiary/aromatic N) is 2. The number of carbonyl (C=O) groups is 2. The number of hydrogen-bond acceptors (Lipinski definition) is 2. The molecule has 2 rings (SSSR count). The third-order valence-corrected chi connectivity index (χ3v) is 4.28. The van der Waals surface area contributed by atoms with Gasteiger partial charge in [0.25, 0.3) is 0 Å². The zero-order valence-corrected chi connectivity index (χ0v) is 13.0. The van der Waals surface area contributed by atoms with Crippen molar-refractivity contribution in [3.05, 3.63) is 24.0 Å². The first-order valence-corrected chi connectivity index (χ1v) is 7.84. The number of rotatable bonds is 5. The fourth-order valence-electron chi connectivity index (χ4n) is 2.82. The summed E-state index contributed by atoms with van der Waals surface area (Å²) in [6.45, 7) is 6.72. The second-order valence-electron chi connectivity index (χ2n) is 5.59. The molecule has 0 spiro atoms. The van der Waals surface area contributed by atoms with E-state index in [9.17, 15) is 9.59 Å². The largest absolute Gasteiger partial charge is 0.365 e. The van der Waals surface area contributed by atoms with Gasteiger partial charge in [-0.1, -0.05) is 13.8 Å². The number of amides is 2. The van der Waals surface area contributed by atoms with E-state index in [0.717, 1.165) is 18.5 Å². The summed E-state index contributed by atoms with van der Waals surface area (Å²) in [6, 6.07) is 3.82. The number of carbonyl (C=O) groups excluding carboxylic acids is 2. The molecule has 0 aliphatic carbocycles. The second kappa shape index (κ2) is 7.29. The minimum atomic E-state index is 0.131. The monoisotopic (exact) mass is 291 g/mol. The minimum Gasteiger partial charge on any atom is -0.365 e. The van der Waals surface area contributed by atoms with E-state index in [1.807, 2.05) is 28.1 Å². The molecule has 116 valence electrons. The highest BCUT2D eigenvalue weighted by molar-refractivity contribution is 5.80. The molecular formula is C16H25N3O2. The van der Waals surface area contributed by atoms with Gasteiger partial charge in [-0.15, -0.1) is 0 Å². The molecule has 5 heteroatoms. The molecule has 1 fully saturated rings. The maximum absolute atomic E-state index is 12.3. The second-order valence-corrected chi connectivity index (χ2v) is 5.59. The van der Waals surface area contributed by atoms with Crippen molar-refractivity contribution in [3.63, 3.8) is 0 Å². The highest BCUT2D eigenvalue weighted by atomic mass is 16.2. The molecule has 1 aromatic rings. The van der Waals surface area contributed by atoms with E-state index in [4.69, 9.17) is 0 Å². The van der Waals surface area contributed by atoms with Gasteiger partial charge in [-0.2, -0.15) is 0 Å². The van der Waals surface area contributed by atoms with Crippen LogP contribution in [0, 0.1) is 5.92 Å². The van der Waals surface area contributed by atoms with Crippen LogP contribution >= 0.6 is 0 Å². The SMILES string of the molecule is CCC(CC)C(=O)N1CCN(C(=O)Cc2ccc[nH]2)CC1. The van der Waals surface area contributed by atoms with E-state index in [0.29, 0.717) is 32.6 Å². The third-order valence-electron chi connectivity index (χ3n) is 4.28. The van der Waals surface area contributed by atoms with Crippen LogP contribution in [0.5, 0.6) is 0 Å². The summed E-state index contributed by atoms with van der Waals surface area (Å²) in [5.74, 6) is 0.509. The lowest BCUT2D eigenvalue weighted by Gasteiger charge is -2.36. The van der Waals surface area contributed by atoms with Crippen molar-refractivity contribution < 1.29 is 9.59 Å². The number of piperazine rings is 1. The normalized spacial score (nSPS) is 15.6. The molecule has 0 unspecified atom stereocenters. The van der Waals surface area contributed by atoms with E-state index < -0.39 is 0 Å². The average molecular weight is 291 g/mol. The van der Waals surface area contributed by atoms with E-state index in [1.54, 1.807) is 0 Å². The smallest absolute Gasteiger partial charge is 0.228 e. The molecule has 1 aliphatic rings. The Bertz CT molecular complexity index is 458. The Morgan fingerprint density at radius 2 is 1.76 bits per heavy atom. The van der Waals surface area contributed by atoms with E-state index in [2.05, 4.69) is 18.8 Å².